The van der Waals surface area contributed by atoms with E-state index in [4.69, 9.17) is 11.6 Å². The van der Waals surface area contributed by atoms with Gasteiger partial charge in [0.15, 0.2) is 0 Å². The first-order chi connectivity index (χ1) is 15.4. The molecule has 0 fully saturated rings. The van der Waals surface area contributed by atoms with Crippen molar-refractivity contribution in [1.29, 1.82) is 0 Å². The maximum Gasteiger partial charge on any atom is 0.244 e. The van der Waals surface area contributed by atoms with Crippen molar-refractivity contribution in [3.8, 4) is 0 Å². The minimum atomic E-state index is -3.75. The van der Waals surface area contributed by atoms with Crippen molar-refractivity contribution in [2.75, 3.05) is 23.7 Å². The summed E-state index contributed by atoms with van der Waals surface area (Å²) in [6.07, 6.45) is 1.83. The van der Waals surface area contributed by atoms with Crippen LogP contribution in [0.25, 0.3) is 0 Å². The molecule has 0 saturated carbocycles. The van der Waals surface area contributed by atoms with E-state index >= 15 is 0 Å². The number of halogens is 1. The van der Waals surface area contributed by atoms with Crippen LogP contribution < -0.4 is 9.62 Å². The standard InChI is InChI=1S/C24H32ClN3O4S/c1-6-13-26-24(30)19(4)27(15-20-8-10-21(25)11-9-20)23(29)16-28(33(5,31)32)22-12-7-17(2)18(3)14-22/h7-12,14,19H,6,13,15-16H2,1-5H3,(H,26,30)/t19-/m1/s1. The van der Waals surface area contributed by atoms with E-state index in [9.17, 15) is 18.0 Å². The smallest absolute Gasteiger partial charge is 0.244 e. The minimum absolute atomic E-state index is 0.140. The highest BCUT2D eigenvalue weighted by Gasteiger charge is 2.30. The molecule has 33 heavy (non-hydrogen) atoms. The normalized spacial score (nSPS) is 12.2. The van der Waals surface area contributed by atoms with Crippen LogP contribution in [0.1, 0.15) is 37.0 Å². The van der Waals surface area contributed by atoms with E-state index < -0.39 is 28.5 Å². The molecule has 0 aliphatic carbocycles. The summed E-state index contributed by atoms with van der Waals surface area (Å²) in [5, 5.41) is 3.36. The maximum absolute atomic E-state index is 13.4. The zero-order valence-electron chi connectivity index (χ0n) is 19.8. The van der Waals surface area contributed by atoms with E-state index in [1.54, 1.807) is 43.3 Å². The lowest BCUT2D eigenvalue weighted by molar-refractivity contribution is -0.139. The van der Waals surface area contributed by atoms with Crippen molar-refractivity contribution in [2.45, 2.75) is 46.7 Å². The summed E-state index contributed by atoms with van der Waals surface area (Å²) in [7, 11) is -3.75. The van der Waals surface area contributed by atoms with Gasteiger partial charge < -0.3 is 10.2 Å². The molecule has 2 amide bonds. The van der Waals surface area contributed by atoms with Gasteiger partial charge in [0.1, 0.15) is 12.6 Å². The molecular formula is C24H32ClN3O4S. The van der Waals surface area contributed by atoms with Gasteiger partial charge in [-0.2, -0.15) is 0 Å². The van der Waals surface area contributed by atoms with Gasteiger partial charge in [0.2, 0.25) is 21.8 Å². The zero-order chi connectivity index (χ0) is 24.8. The van der Waals surface area contributed by atoms with Crippen LogP contribution in [0.2, 0.25) is 5.02 Å². The molecule has 0 spiro atoms. The molecule has 2 rings (SSSR count). The van der Waals surface area contributed by atoms with Crippen molar-refractivity contribution in [3.63, 3.8) is 0 Å². The molecule has 0 heterocycles. The molecule has 2 aromatic rings. The summed E-state index contributed by atoms with van der Waals surface area (Å²) in [6.45, 7) is 7.61. The molecular weight excluding hydrogens is 462 g/mol. The number of nitrogens with one attached hydrogen (secondary N) is 1. The van der Waals surface area contributed by atoms with E-state index in [0.717, 1.165) is 33.7 Å². The van der Waals surface area contributed by atoms with Crippen LogP contribution >= 0.6 is 11.6 Å². The number of anilines is 1. The lowest BCUT2D eigenvalue weighted by Crippen LogP contribution is -2.51. The van der Waals surface area contributed by atoms with Crippen molar-refractivity contribution in [3.05, 3.63) is 64.2 Å². The number of sulfonamides is 1. The van der Waals surface area contributed by atoms with Crippen LogP contribution in [-0.4, -0.2) is 50.5 Å². The predicted octanol–water partition coefficient (Wildman–Crippen LogP) is 3.67. The number of amides is 2. The van der Waals surface area contributed by atoms with Gasteiger partial charge in [-0.15, -0.1) is 0 Å². The van der Waals surface area contributed by atoms with Crippen LogP contribution in [0.4, 0.5) is 5.69 Å². The van der Waals surface area contributed by atoms with Gasteiger partial charge >= 0.3 is 0 Å². The van der Waals surface area contributed by atoms with Crippen LogP contribution in [0.3, 0.4) is 0 Å². The maximum atomic E-state index is 13.4. The SMILES string of the molecule is CCCNC(=O)[C@@H](C)N(Cc1ccc(Cl)cc1)C(=O)CN(c1ccc(C)c(C)c1)S(C)(=O)=O. The third-order valence-corrected chi connectivity index (χ3v) is 6.83. The van der Waals surface area contributed by atoms with Crippen LogP contribution in [0.15, 0.2) is 42.5 Å². The summed E-state index contributed by atoms with van der Waals surface area (Å²) < 4.78 is 26.3. The largest absolute Gasteiger partial charge is 0.354 e. The highest BCUT2D eigenvalue weighted by Crippen LogP contribution is 2.22. The highest BCUT2D eigenvalue weighted by molar-refractivity contribution is 7.92. The number of carbonyl (C=O) groups is 2. The molecule has 0 bridgehead atoms. The number of carbonyl (C=O) groups excluding carboxylic acids is 2. The lowest BCUT2D eigenvalue weighted by atomic mass is 10.1. The van der Waals surface area contributed by atoms with Gasteiger partial charge in [-0.1, -0.05) is 36.7 Å². The van der Waals surface area contributed by atoms with Crippen molar-refractivity contribution in [2.24, 2.45) is 0 Å². The first-order valence-electron chi connectivity index (χ1n) is 10.8. The fourth-order valence-electron chi connectivity index (χ4n) is 3.26. The Morgan fingerprint density at radius 1 is 1.06 bits per heavy atom. The average Bonchev–Trinajstić information content (AvgIpc) is 2.76. The molecule has 7 nitrogen and oxygen atoms in total. The second kappa shape index (κ2) is 11.5. The first-order valence-corrected chi connectivity index (χ1v) is 13.0. The molecule has 0 aliphatic rings. The summed E-state index contributed by atoms with van der Waals surface area (Å²) in [6, 6.07) is 11.4. The minimum Gasteiger partial charge on any atom is -0.354 e. The Morgan fingerprint density at radius 2 is 1.70 bits per heavy atom. The molecule has 0 saturated heterocycles. The molecule has 0 aliphatic heterocycles. The van der Waals surface area contributed by atoms with Gasteiger partial charge in [-0.25, -0.2) is 8.42 Å². The topological polar surface area (TPSA) is 86.8 Å². The summed E-state index contributed by atoms with van der Waals surface area (Å²) in [5.74, 6) is -0.774. The molecule has 0 unspecified atom stereocenters. The highest BCUT2D eigenvalue weighted by atomic mass is 35.5. The monoisotopic (exact) mass is 493 g/mol. The predicted molar refractivity (Wildman–Crippen MR) is 133 cm³/mol. The Balaban J connectivity index is 2.38. The van der Waals surface area contributed by atoms with Crippen molar-refractivity contribution < 1.29 is 18.0 Å². The number of aryl methyl sites for hydroxylation is 2. The summed E-state index contributed by atoms with van der Waals surface area (Å²) >= 11 is 5.97. The second-order valence-corrected chi connectivity index (χ2v) is 10.5. The molecule has 1 atom stereocenters. The van der Waals surface area contributed by atoms with Gasteiger partial charge in [-0.05, 0) is 68.1 Å². The summed E-state index contributed by atoms with van der Waals surface area (Å²) in [4.78, 5) is 27.5. The van der Waals surface area contributed by atoms with Crippen molar-refractivity contribution >= 4 is 39.1 Å². The first kappa shape index (κ1) is 26.7. The van der Waals surface area contributed by atoms with Gasteiger partial charge in [-0.3, -0.25) is 13.9 Å². The van der Waals surface area contributed by atoms with E-state index in [2.05, 4.69) is 5.32 Å². The van der Waals surface area contributed by atoms with E-state index in [-0.39, 0.29) is 12.5 Å². The molecule has 1 N–H and O–H groups in total. The Bertz CT molecular complexity index is 1090. The third kappa shape index (κ3) is 7.47. The van der Waals surface area contributed by atoms with Crippen LogP contribution in [0, 0.1) is 13.8 Å². The molecule has 0 radical (unpaired) electrons. The number of nitrogens with zero attached hydrogens (tertiary/aromatic N) is 2. The Kier molecular flexibility index (Phi) is 9.31. The van der Waals surface area contributed by atoms with E-state index in [0.29, 0.717) is 17.3 Å². The number of benzene rings is 2. The van der Waals surface area contributed by atoms with Gasteiger partial charge in [0, 0.05) is 18.1 Å². The van der Waals surface area contributed by atoms with Gasteiger partial charge in [0.05, 0.1) is 11.9 Å². The Morgan fingerprint density at radius 3 is 2.24 bits per heavy atom. The number of hydrogen-bond donors (Lipinski definition) is 1. The number of hydrogen-bond acceptors (Lipinski definition) is 4. The van der Waals surface area contributed by atoms with E-state index in [1.165, 1.54) is 4.90 Å². The van der Waals surface area contributed by atoms with Crippen LogP contribution in [0.5, 0.6) is 0 Å². The fraction of sp³-hybridized carbons (Fsp3) is 0.417. The molecule has 9 heteroatoms. The molecule has 2 aromatic carbocycles. The lowest BCUT2D eigenvalue weighted by Gasteiger charge is -2.31. The number of rotatable bonds is 10. The quantitative estimate of drug-likeness (QED) is 0.547. The van der Waals surface area contributed by atoms with E-state index in [1.807, 2.05) is 26.8 Å². The molecule has 0 aromatic heterocycles. The zero-order valence-corrected chi connectivity index (χ0v) is 21.3. The summed E-state index contributed by atoms with van der Waals surface area (Å²) in [5.41, 5.74) is 3.12. The second-order valence-electron chi connectivity index (χ2n) is 8.15. The Labute approximate surface area is 201 Å². The fourth-order valence-corrected chi connectivity index (χ4v) is 4.23. The Hall–Kier alpha value is -2.58. The third-order valence-electron chi connectivity index (χ3n) is 5.44. The average molecular weight is 494 g/mol. The van der Waals surface area contributed by atoms with Gasteiger partial charge in [0.25, 0.3) is 0 Å². The van der Waals surface area contributed by atoms with Crippen LogP contribution in [-0.2, 0) is 26.2 Å². The van der Waals surface area contributed by atoms with Crippen molar-refractivity contribution in [1.82, 2.24) is 10.2 Å². The molecule has 180 valence electrons.